The van der Waals surface area contributed by atoms with Crippen molar-refractivity contribution in [1.29, 1.82) is 0 Å². The second-order valence-electron chi connectivity index (χ2n) is 3.35. The van der Waals surface area contributed by atoms with Gasteiger partial charge in [-0.3, -0.25) is 4.79 Å². The molecule has 0 aliphatic heterocycles. The lowest BCUT2D eigenvalue weighted by atomic mass is 10.4. The van der Waals surface area contributed by atoms with Crippen molar-refractivity contribution in [2.24, 2.45) is 0 Å². The molecule has 1 amide bonds. The molecule has 0 aliphatic rings. The summed E-state index contributed by atoms with van der Waals surface area (Å²) in [6, 6.07) is 3.24. The Bertz CT molecular complexity index is 586. The predicted molar refractivity (Wildman–Crippen MR) is 58.4 cm³/mol. The fourth-order valence-electron chi connectivity index (χ4n) is 1.43. The van der Waals surface area contributed by atoms with Gasteiger partial charge in [-0.2, -0.15) is 0 Å². The van der Waals surface area contributed by atoms with Gasteiger partial charge in [0, 0.05) is 12.7 Å². The van der Waals surface area contributed by atoms with Crippen molar-refractivity contribution in [1.82, 2.24) is 14.9 Å². The van der Waals surface area contributed by atoms with Crippen LogP contribution in [-0.4, -0.2) is 33.7 Å². The second-order valence-corrected chi connectivity index (χ2v) is 3.35. The Morgan fingerprint density at radius 2 is 2.41 bits per heavy atom. The van der Waals surface area contributed by atoms with E-state index in [1.807, 2.05) is 0 Å². The summed E-state index contributed by atoms with van der Waals surface area (Å²) in [6.45, 7) is -0.176. The third kappa shape index (κ3) is 2.34. The molecule has 0 saturated heterocycles. The smallest absolute Gasteiger partial charge is 0.406 e. The van der Waals surface area contributed by atoms with E-state index in [0.29, 0.717) is 11.2 Å². The first-order chi connectivity index (χ1) is 8.22. The van der Waals surface area contributed by atoms with Gasteiger partial charge in [0.25, 0.3) is 0 Å². The SMILES string of the molecule is O=C(Cn1c(=O)oc2cccnc21)NCCO. The molecule has 7 heteroatoms. The number of amides is 1. The number of aromatic nitrogens is 2. The van der Waals surface area contributed by atoms with Crippen molar-refractivity contribution in [3.05, 3.63) is 28.9 Å². The van der Waals surface area contributed by atoms with E-state index in [4.69, 9.17) is 9.52 Å². The highest BCUT2D eigenvalue weighted by Crippen LogP contribution is 2.07. The fraction of sp³-hybridized carbons (Fsp3) is 0.300. The standard InChI is InChI=1S/C10H11N3O4/c14-5-4-11-8(15)6-13-9-7(17-10(13)16)2-1-3-12-9/h1-3,14H,4-6H2,(H,11,15). The highest BCUT2D eigenvalue weighted by Gasteiger charge is 2.12. The highest BCUT2D eigenvalue weighted by atomic mass is 16.4. The van der Waals surface area contributed by atoms with Crippen molar-refractivity contribution in [3.8, 4) is 0 Å². The van der Waals surface area contributed by atoms with Crippen molar-refractivity contribution in [2.45, 2.75) is 6.54 Å². The lowest BCUT2D eigenvalue weighted by Crippen LogP contribution is -2.32. The number of fused-ring (bicyclic) bond motifs is 1. The van der Waals surface area contributed by atoms with E-state index in [9.17, 15) is 9.59 Å². The van der Waals surface area contributed by atoms with Gasteiger partial charge in [0.2, 0.25) is 5.91 Å². The summed E-state index contributed by atoms with van der Waals surface area (Å²) < 4.78 is 6.06. The molecule has 0 radical (unpaired) electrons. The van der Waals surface area contributed by atoms with E-state index < -0.39 is 5.76 Å². The second kappa shape index (κ2) is 4.79. The van der Waals surface area contributed by atoms with Crippen LogP contribution in [0.3, 0.4) is 0 Å². The molecule has 0 unspecified atom stereocenters. The first-order valence-electron chi connectivity index (χ1n) is 5.04. The summed E-state index contributed by atoms with van der Waals surface area (Å²) in [5.41, 5.74) is 0.670. The Labute approximate surface area is 95.7 Å². The minimum absolute atomic E-state index is 0.148. The molecule has 7 nitrogen and oxygen atoms in total. The monoisotopic (exact) mass is 237 g/mol. The number of aliphatic hydroxyl groups excluding tert-OH is 1. The highest BCUT2D eigenvalue weighted by molar-refractivity contribution is 5.77. The van der Waals surface area contributed by atoms with Crippen LogP contribution in [-0.2, 0) is 11.3 Å². The predicted octanol–water partition coefficient (Wildman–Crippen LogP) is -0.902. The Morgan fingerprint density at radius 3 is 3.18 bits per heavy atom. The molecule has 0 aromatic carbocycles. The molecule has 2 N–H and O–H groups in total. The van der Waals surface area contributed by atoms with Crippen LogP contribution in [0.2, 0.25) is 0 Å². The largest absolute Gasteiger partial charge is 0.421 e. The average molecular weight is 237 g/mol. The maximum absolute atomic E-state index is 11.5. The maximum Gasteiger partial charge on any atom is 0.421 e. The van der Waals surface area contributed by atoms with E-state index in [2.05, 4.69) is 10.3 Å². The molecule has 0 saturated carbocycles. The van der Waals surface area contributed by atoms with Gasteiger partial charge >= 0.3 is 5.76 Å². The van der Waals surface area contributed by atoms with Gasteiger partial charge < -0.3 is 14.8 Å². The van der Waals surface area contributed by atoms with Gasteiger partial charge in [0.15, 0.2) is 11.2 Å². The van der Waals surface area contributed by atoms with Crippen molar-refractivity contribution in [2.75, 3.05) is 13.2 Å². The number of carbonyl (C=O) groups excluding carboxylic acids is 1. The first-order valence-corrected chi connectivity index (χ1v) is 5.04. The maximum atomic E-state index is 11.5. The lowest BCUT2D eigenvalue weighted by molar-refractivity contribution is -0.121. The summed E-state index contributed by atoms with van der Waals surface area (Å²) in [5, 5.41) is 11.0. The zero-order valence-electron chi connectivity index (χ0n) is 8.92. The van der Waals surface area contributed by atoms with E-state index in [1.165, 1.54) is 6.20 Å². The molecule has 0 spiro atoms. The number of hydrogen-bond donors (Lipinski definition) is 2. The first kappa shape index (κ1) is 11.3. The Morgan fingerprint density at radius 1 is 1.59 bits per heavy atom. The van der Waals surface area contributed by atoms with E-state index in [1.54, 1.807) is 12.1 Å². The molecule has 0 aliphatic carbocycles. The number of nitrogens with zero attached hydrogens (tertiary/aromatic N) is 2. The van der Waals surface area contributed by atoms with Gasteiger partial charge in [-0.05, 0) is 12.1 Å². The minimum atomic E-state index is -0.627. The Kier molecular flexibility index (Phi) is 3.20. The van der Waals surface area contributed by atoms with Crippen molar-refractivity contribution < 1.29 is 14.3 Å². The van der Waals surface area contributed by atoms with Gasteiger partial charge in [-0.1, -0.05) is 0 Å². The van der Waals surface area contributed by atoms with Crippen LogP contribution in [0, 0.1) is 0 Å². The number of hydrogen-bond acceptors (Lipinski definition) is 5. The van der Waals surface area contributed by atoms with Crippen molar-refractivity contribution >= 4 is 17.1 Å². The third-order valence-corrected chi connectivity index (χ3v) is 2.16. The van der Waals surface area contributed by atoms with E-state index in [0.717, 1.165) is 4.57 Å². The van der Waals surface area contributed by atoms with Crippen LogP contribution >= 0.6 is 0 Å². The lowest BCUT2D eigenvalue weighted by Gasteiger charge is -2.02. The van der Waals surface area contributed by atoms with E-state index >= 15 is 0 Å². The number of oxazole rings is 1. The molecule has 2 aromatic rings. The normalized spacial score (nSPS) is 10.6. The molecule has 2 aromatic heterocycles. The summed E-state index contributed by atoms with van der Waals surface area (Å²) in [7, 11) is 0. The molecule has 17 heavy (non-hydrogen) atoms. The zero-order valence-corrected chi connectivity index (χ0v) is 8.92. The summed E-state index contributed by atoms with van der Waals surface area (Å²) >= 11 is 0. The Balaban J connectivity index is 2.26. The quantitative estimate of drug-likeness (QED) is 0.718. The van der Waals surface area contributed by atoms with Gasteiger partial charge in [-0.15, -0.1) is 0 Å². The third-order valence-electron chi connectivity index (χ3n) is 2.16. The van der Waals surface area contributed by atoms with Gasteiger partial charge in [-0.25, -0.2) is 14.3 Å². The average Bonchev–Trinajstić information content (AvgIpc) is 2.64. The van der Waals surface area contributed by atoms with Crippen LogP contribution < -0.4 is 11.1 Å². The molecule has 2 rings (SSSR count). The molecular weight excluding hydrogens is 226 g/mol. The topological polar surface area (TPSA) is 97.4 Å². The van der Waals surface area contributed by atoms with Gasteiger partial charge in [0.1, 0.15) is 6.54 Å². The number of rotatable bonds is 4. The summed E-state index contributed by atoms with van der Waals surface area (Å²) in [5.74, 6) is -1.01. The van der Waals surface area contributed by atoms with Crippen LogP contribution in [0.5, 0.6) is 0 Å². The van der Waals surface area contributed by atoms with E-state index in [-0.39, 0.29) is 25.6 Å². The summed E-state index contributed by atoms with van der Waals surface area (Å²) in [4.78, 5) is 26.9. The van der Waals surface area contributed by atoms with Crippen LogP contribution in [0.15, 0.2) is 27.5 Å². The molecule has 0 bridgehead atoms. The summed E-state index contributed by atoms with van der Waals surface area (Å²) in [6.07, 6.45) is 1.51. The zero-order chi connectivity index (χ0) is 12.3. The molecular formula is C10H11N3O4. The number of nitrogens with one attached hydrogen (secondary N) is 1. The molecule has 90 valence electrons. The molecule has 0 fully saturated rings. The molecule has 0 atom stereocenters. The molecule has 2 heterocycles. The van der Waals surface area contributed by atoms with Crippen LogP contribution in [0.1, 0.15) is 0 Å². The minimum Gasteiger partial charge on any atom is -0.406 e. The van der Waals surface area contributed by atoms with Crippen LogP contribution in [0.4, 0.5) is 0 Å². The number of pyridine rings is 1. The number of aliphatic hydroxyl groups is 1. The number of carbonyl (C=O) groups is 1. The van der Waals surface area contributed by atoms with Gasteiger partial charge in [0.05, 0.1) is 6.61 Å². The fourth-order valence-corrected chi connectivity index (χ4v) is 1.43. The Hall–Kier alpha value is -2.15. The van der Waals surface area contributed by atoms with Crippen molar-refractivity contribution in [3.63, 3.8) is 0 Å². The van der Waals surface area contributed by atoms with Crippen LogP contribution in [0.25, 0.3) is 11.2 Å².